The molecule has 0 atom stereocenters. The molecule has 0 aliphatic rings. The second-order valence-corrected chi connectivity index (χ2v) is 8.72. The van der Waals surface area contributed by atoms with Crippen LogP contribution in [0.25, 0.3) is 32.6 Å². The smallest absolute Gasteiger partial charge is 0.166 e. The summed E-state index contributed by atoms with van der Waals surface area (Å²) >= 11 is 1.70. The van der Waals surface area contributed by atoms with Crippen LogP contribution in [-0.2, 0) is 6.42 Å². The average Bonchev–Trinajstić information content (AvgIpc) is 3.38. The van der Waals surface area contributed by atoms with Crippen LogP contribution in [0.2, 0.25) is 0 Å². The first kappa shape index (κ1) is 19.5. The summed E-state index contributed by atoms with van der Waals surface area (Å²) in [5, 5.41) is 16.4. The maximum Gasteiger partial charge on any atom is 0.166 e. The zero-order valence-corrected chi connectivity index (χ0v) is 18.2. The van der Waals surface area contributed by atoms with E-state index in [0.29, 0.717) is 12.4 Å². The Hall–Kier alpha value is -3.45. The molecule has 0 unspecified atom stereocenters. The van der Waals surface area contributed by atoms with Gasteiger partial charge in [0.1, 0.15) is 11.3 Å². The highest BCUT2D eigenvalue weighted by atomic mass is 32.1. The second-order valence-electron chi connectivity index (χ2n) is 7.81. The molecule has 0 fully saturated rings. The topological polar surface area (TPSA) is 75.9 Å². The summed E-state index contributed by atoms with van der Waals surface area (Å²) < 4.78 is 3.30. The lowest BCUT2D eigenvalue weighted by Gasteiger charge is -2.11. The predicted molar refractivity (Wildman–Crippen MR) is 127 cm³/mol. The minimum Gasteiger partial charge on any atom is -0.508 e. The Labute approximate surface area is 184 Å². The van der Waals surface area contributed by atoms with Gasteiger partial charge < -0.3 is 15.0 Å². The van der Waals surface area contributed by atoms with E-state index in [4.69, 9.17) is 9.97 Å². The quantitative estimate of drug-likeness (QED) is 0.365. The first-order chi connectivity index (χ1) is 15.1. The van der Waals surface area contributed by atoms with Crippen molar-refractivity contribution in [3.05, 3.63) is 65.8 Å². The van der Waals surface area contributed by atoms with E-state index < -0.39 is 0 Å². The normalized spacial score (nSPS) is 11.6. The van der Waals surface area contributed by atoms with Gasteiger partial charge in [0, 0.05) is 33.6 Å². The molecule has 0 bridgehead atoms. The molecule has 2 N–H and O–H groups in total. The van der Waals surface area contributed by atoms with Gasteiger partial charge in [-0.2, -0.15) is 0 Å². The number of imidazole rings is 1. The molecule has 3 heterocycles. The summed E-state index contributed by atoms with van der Waals surface area (Å²) in [6, 6.07) is 15.9. The van der Waals surface area contributed by atoms with Crippen molar-refractivity contribution < 1.29 is 5.11 Å². The number of anilines is 1. The van der Waals surface area contributed by atoms with Crippen molar-refractivity contribution in [3.63, 3.8) is 0 Å². The van der Waals surface area contributed by atoms with E-state index >= 15 is 0 Å². The number of benzene rings is 2. The van der Waals surface area contributed by atoms with Gasteiger partial charge in [-0.15, -0.1) is 11.3 Å². The van der Waals surface area contributed by atoms with Crippen LogP contribution in [0.5, 0.6) is 5.75 Å². The highest BCUT2D eigenvalue weighted by Gasteiger charge is 2.17. The van der Waals surface area contributed by atoms with E-state index in [2.05, 4.69) is 52.3 Å². The lowest BCUT2D eigenvalue weighted by Crippen LogP contribution is -2.09. The van der Waals surface area contributed by atoms with Crippen LogP contribution in [-0.4, -0.2) is 31.2 Å². The van der Waals surface area contributed by atoms with Crippen LogP contribution in [0.1, 0.15) is 25.5 Å². The molecule has 0 amide bonds. The van der Waals surface area contributed by atoms with Gasteiger partial charge in [0.15, 0.2) is 17.3 Å². The zero-order chi connectivity index (χ0) is 21.4. The SMILES string of the molecule is CC(C)n1cnc2c(NCCc3cccc(O)c3)nc(-c3csc4ccccc34)nc21. The summed E-state index contributed by atoms with van der Waals surface area (Å²) in [6.45, 7) is 4.92. The standard InChI is InChI=1S/C24H23N5OS/c1-15(2)29-14-26-21-23(25-11-10-16-6-5-7-17(30)12-16)27-22(28-24(21)29)19-13-31-20-9-4-3-8-18(19)20/h3-9,12-15,30H,10-11H2,1-2H3,(H,25,27,28). The summed E-state index contributed by atoms with van der Waals surface area (Å²) in [5.74, 6) is 1.71. The molecule has 156 valence electrons. The minimum absolute atomic E-state index is 0.243. The van der Waals surface area contributed by atoms with Gasteiger partial charge in [-0.05, 0) is 44.0 Å². The molecule has 2 aromatic carbocycles. The number of hydrogen-bond acceptors (Lipinski definition) is 6. The molecule has 3 aromatic heterocycles. The van der Waals surface area contributed by atoms with Gasteiger partial charge in [-0.1, -0.05) is 30.3 Å². The van der Waals surface area contributed by atoms with Crippen molar-refractivity contribution in [2.45, 2.75) is 26.3 Å². The fourth-order valence-electron chi connectivity index (χ4n) is 3.73. The molecule has 0 aliphatic carbocycles. The summed E-state index contributed by atoms with van der Waals surface area (Å²) in [4.78, 5) is 14.4. The Morgan fingerprint density at radius 2 is 1.97 bits per heavy atom. The number of thiophene rings is 1. The number of phenols is 1. The van der Waals surface area contributed by atoms with E-state index in [1.807, 2.05) is 24.5 Å². The highest BCUT2D eigenvalue weighted by Crippen LogP contribution is 2.34. The Balaban J connectivity index is 1.55. The molecule has 0 saturated heterocycles. The minimum atomic E-state index is 0.243. The molecule has 7 heteroatoms. The Kier molecular flexibility index (Phi) is 5.03. The monoisotopic (exact) mass is 429 g/mol. The predicted octanol–water partition coefficient (Wildman–Crippen LogP) is 5.65. The number of nitrogens with zero attached hydrogens (tertiary/aromatic N) is 4. The van der Waals surface area contributed by atoms with Gasteiger partial charge in [0.05, 0.1) is 6.33 Å². The van der Waals surface area contributed by atoms with Crippen molar-refractivity contribution in [1.82, 2.24) is 19.5 Å². The number of aromatic nitrogens is 4. The number of nitrogens with one attached hydrogen (secondary N) is 1. The molecule has 0 radical (unpaired) electrons. The van der Waals surface area contributed by atoms with Gasteiger partial charge >= 0.3 is 0 Å². The Morgan fingerprint density at radius 1 is 1.10 bits per heavy atom. The van der Waals surface area contributed by atoms with E-state index in [1.54, 1.807) is 23.5 Å². The largest absolute Gasteiger partial charge is 0.508 e. The number of hydrogen-bond donors (Lipinski definition) is 2. The Bertz CT molecular complexity index is 1370. The zero-order valence-electron chi connectivity index (χ0n) is 17.4. The van der Waals surface area contributed by atoms with Crippen LogP contribution < -0.4 is 5.32 Å². The van der Waals surface area contributed by atoms with Crippen molar-refractivity contribution in [3.8, 4) is 17.1 Å². The average molecular weight is 430 g/mol. The summed E-state index contributed by atoms with van der Waals surface area (Å²) in [6.07, 6.45) is 2.60. The first-order valence-corrected chi connectivity index (χ1v) is 11.2. The summed E-state index contributed by atoms with van der Waals surface area (Å²) in [5.41, 5.74) is 3.70. The van der Waals surface area contributed by atoms with E-state index in [9.17, 15) is 5.11 Å². The molecular weight excluding hydrogens is 406 g/mol. The van der Waals surface area contributed by atoms with E-state index in [1.165, 1.54) is 4.70 Å². The number of phenolic OH excluding ortho intramolecular Hbond substituents is 1. The number of fused-ring (bicyclic) bond motifs is 2. The van der Waals surface area contributed by atoms with Crippen molar-refractivity contribution >= 4 is 38.4 Å². The highest BCUT2D eigenvalue weighted by molar-refractivity contribution is 7.17. The van der Waals surface area contributed by atoms with Crippen molar-refractivity contribution in [1.29, 1.82) is 0 Å². The Morgan fingerprint density at radius 3 is 2.81 bits per heavy atom. The number of rotatable bonds is 6. The second kappa shape index (κ2) is 8.00. The third-order valence-electron chi connectivity index (χ3n) is 5.32. The van der Waals surface area contributed by atoms with Gasteiger partial charge in [-0.3, -0.25) is 0 Å². The fourth-order valence-corrected chi connectivity index (χ4v) is 4.67. The van der Waals surface area contributed by atoms with Crippen molar-refractivity contribution in [2.75, 3.05) is 11.9 Å². The van der Waals surface area contributed by atoms with Gasteiger partial charge in [-0.25, -0.2) is 15.0 Å². The first-order valence-electron chi connectivity index (χ1n) is 10.3. The maximum absolute atomic E-state index is 9.70. The van der Waals surface area contributed by atoms with Crippen LogP contribution in [0.3, 0.4) is 0 Å². The number of aromatic hydroxyl groups is 1. The molecule has 6 nitrogen and oxygen atoms in total. The van der Waals surface area contributed by atoms with Gasteiger partial charge in [0.2, 0.25) is 0 Å². The molecule has 0 saturated carbocycles. The maximum atomic E-state index is 9.70. The molecule has 0 aliphatic heterocycles. The molecule has 31 heavy (non-hydrogen) atoms. The van der Waals surface area contributed by atoms with Crippen LogP contribution in [0.4, 0.5) is 5.82 Å². The van der Waals surface area contributed by atoms with Crippen LogP contribution in [0, 0.1) is 0 Å². The molecule has 5 rings (SSSR count). The fraction of sp³-hybridized carbons (Fsp3) is 0.208. The third-order valence-corrected chi connectivity index (χ3v) is 6.28. The van der Waals surface area contributed by atoms with Gasteiger partial charge in [0.25, 0.3) is 0 Å². The van der Waals surface area contributed by atoms with E-state index in [0.717, 1.165) is 39.9 Å². The summed E-state index contributed by atoms with van der Waals surface area (Å²) in [7, 11) is 0. The lowest BCUT2D eigenvalue weighted by atomic mass is 10.1. The van der Waals surface area contributed by atoms with Crippen molar-refractivity contribution in [2.24, 2.45) is 0 Å². The third kappa shape index (κ3) is 3.72. The lowest BCUT2D eigenvalue weighted by molar-refractivity contribution is 0.474. The molecular formula is C24H23N5OS. The van der Waals surface area contributed by atoms with Crippen LogP contribution >= 0.6 is 11.3 Å². The molecule has 0 spiro atoms. The molecule has 5 aromatic rings. The van der Waals surface area contributed by atoms with E-state index in [-0.39, 0.29) is 11.8 Å². The van der Waals surface area contributed by atoms with Crippen LogP contribution in [0.15, 0.2) is 60.2 Å².